The summed E-state index contributed by atoms with van der Waals surface area (Å²) in [5.74, 6) is -0.679. The van der Waals surface area contributed by atoms with Gasteiger partial charge in [-0.05, 0) is 115 Å². The lowest BCUT2D eigenvalue weighted by Crippen LogP contribution is -2.26. The topological polar surface area (TPSA) is 3.24 Å². The van der Waals surface area contributed by atoms with Gasteiger partial charge in [-0.15, -0.1) is 0 Å². The van der Waals surface area contributed by atoms with Crippen molar-refractivity contribution in [1.82, 2.24) is 0 Å². The second-order valence-corrected chi connectivity index (χ2v) is 14.9. The third-order valence-corrected chi connectivity index (χ3v) is 11.8. The van der Waals surface area contributed by atoms with E-state index < -0.39 is 11.3 Å². The summed E-state index contributed by atoms with van der Waals surface area (Å²) < 4.78 is 8.72. The van der Waals surface area contributed by atoms with E-state index in [0.29, 0.717) is 0 Å². The predicted octanol–water partition coefficient (Wildman–Crippen LogP) is 12.9. The zero-order valence-corrected chi connectivity index (χ0v) is 29.0. The first-order valence-corrected chi connectivity index (χ1v) is 17.8. The maximum absolute atomic E-state index is 8.72. The molecule has 0 unspecified atom stereocenters. The van der Waals surface area contributed by atoms with E-state index in [9.17, 15) is 0 Å². The molecule has 10 rings (SSSR count). The van der Waals surface area contributed by atoms with Crippen molar-refractivity contribution in [1.29, 1.82) is 0 Å². The van der Waals surface area contributed by atoms with E-state index in [-0.39, 0.29) is 5.41 Å². The second-order valence-electron chi connectivity index (χ2n) is 14.9. The SMILES string of the molecule is [2H]C(C)(C)c1ccc(N(c2ccc3c(c2)C(C)(C)c2ccccc2-3)c2ccc3c(c2)C2(c4ccccc4-c4ccccc42)c2ccccc2-3)cc1. The maximum Gasteiger partial charge on any atom is 0.0726 e. The standard InChI is InChI=1S/C49H39N/c1-31(2)32-21-23-33(24-22-32)50(34-25-27-40-36-13-5-9-17-42(36)48(3,4)46(40)29-34)35-26-28-41-39-16-8-12-20-45(39)49(47(41)30-35)43-18-10-6-14-37(43)38-15-7-11-19-44(38)49/h5-31H,1-4H3/i31D. The molecule has 7 aromatic rings. The summed E-state index contributed by atoms with van der Waals surface area (Å²) in [4.78, 5) is 2.42. The highest BCUT2D eigenvalue weighted by molar-refractivity contribution is 5.96. The Morgan fingerprint density at radius 1 is 0.420 bits per heavy atom. The summed E-state index contributed by atoms with van der Waals surface area (Å²) in [6.07, 6.45) is 0. The molecule has 3 aliphatic carbocycles. The van der Waals surface area contributed by atoms with Crippen LogP contribution in [0.3, 0.4) is 0 Å². The summed E-state index contributed by atoms with van der Waals surface area (Å²) in [5, 5.41) is 0. The van der Waals surface area contributed by atoms with Gasteiger partial charge < -0.3 is 4.90 Å². The Hall–Kier alpha value is -5.66. The van der Waals surface area contributed by atoms with E-state index in [4.69, 9.17) is 1.37 Å². The quantitative estimate of drug-likeness (QED) is 0.185. The highest BCUT2D eigenvalue weighted by Gasteiger charge is 2.51. The minimum absolute atomic E-state index is 0.117. The average molecular weight is 643 g/mol. The highest BCUT2D eigenvalue weighted by atomic mass is 15.1. The van der Waals surface area contributed by atoms with E-state index in [1.165, 1.54) is 66.8 Å². The van der Waals surface area contributed by atoms with Gasteiger partial charge in [0.1, 0.15) is 0 Å². The first-order chi connectivity index (χ1) is 24.7. The minimum atomic E-state index is -0.679. The molecule has 50 heavy (non-hydrogen) atoms. The Bertz CT molecular complexity index is 2490. The van der Waals surface area contributed by atoms with Gasteiger partial charge in [0.25, 0.3) is 0 Å². The van der Waals surface area contributed by atoms with Crippen molar-refractivity contribution in [2.24, 2.45) is 0 Å². The van der Waals surface area contributed by atoms with Crippen LogP contribution < -0.4 is 4.90 Å². The molecule has 1 spiro atoms. The van der Waals surface area contributed by atoms with Gasteiger partial charge in [-0.2, -0.15) is 0 Å². The van der Waals surface area contributed by atoms with Gasteiger partial charge in [-0.25, -0.2) is 0 Å². The van der Waals surface area contributed by atoms with Crippen molar-refractivity contribution < 1.29 is 1.37 Å². The minimum Gasteiger partial charge on any atom is -0.310 e. The van der Waals surface area contributed by atoms with Crippen molar-refractivity contribution in [3.05, 3.63) is 197 Å². The molecule has 3 aliphatic rings. The molecule has 7 aromatic carbocycles. The monoisotopic (exact) mass is 642 g/mol. The Morgan fingerprint density at radius 2 is 0.800 bits per heavy atom. The molecule has 0 fully saturated rings. The van der Waals surface area contributed by atoms with Crippen LogP contribution >= 0.6 is 0 Å². The third-order valence-electron chi connectivity index (χ3n) is 11.8. The molecule has 0 atom stereocenters. The third kappa shape index (κ3) is 3.78. The van der Waals surface area contributed by atoms with Crippen LogP contribution in [0.15, 0.2) is 158 Å². The Labute approximate surface area is 296 Å². The molecule has 0 N–H and O–H groups in total. The molecule has 0 aliphatic heterocycles. The first-order valence-electron chi connectivity index (χ1n) is 18.3. The molecule has 0 radical (unpaired) electrons. The van der Waals surface area contributed by atoms with Crippen molar-refractivity contribution >= 4 is 17.1 Å². The Kier molecular flexibility index (Phi) is 5.88. The van der Waals surface area contributed by atoms with Crippen LogP contribution in [0, 0.1) is 0 Å². The van der Waals surface area contributed by atoms with Gasteiger partial charge in [0.15, 0.2) is 0 Å². The molecule has 0 amide bonds. The zero-order valence-electron chi connectivity index (χ0n) is 30.0. The summed E-state index contributed by atoms with van der Waals surface area (Å²) in [6, 6.07) is 58.6. The van der Waals surface area contributed by atoms with Crippen LogP contribution in [0.4, 0.5) is 17.1 Å². The van der Waals surface area contributed by atoms with Gasteiger partial charge in [0, 0.05) is 23.8 Å². The number of benzene rings is 7. The van der Waals surface area contributed by atoms with Gasteiger partial charge >= 0.3 is 0 Å². The van der Waals surface area contributed by atoms with Gasteiger partial charge in [-0.3, -0.25) is 0 Å². The van der Waals surface area contributed by atoms with Crippen LogP contribution in [0.25, 0.3) is 33.4 Å². The molecule has 240 valence electrons. The molecular weight excluding hydrogens is 603 g/mol. The number of fused-ring (bicyclic) bond motifs is 13. The van der Waals surface area contributed by atoms with E-state index in [2.05, 4.69) is 176 Å². The zero-order chi connectivity index (χ0) is 34.7. The van der Waals surface area contributed by atoms with E-state index in [1.54, 1.807) is 0 Å². The Morgan fingerprint density at radius 3 is 1.30 bits per heavy atom. The molecule has 0 saturated heterocycles. The van der Waals surface area contributed by atoms with Gasteiger partial charge in [0.05, 0.1) is 5.41 Å². The van der Waals surface area contributed by atoms with Crippen molar-refractivity contribution in [3.63, 3.8) is 0 Å². The van der Waals surface area contributed by atoms with Crippen molar-refractivity contribution in [2.45, 2.75) is 44.4 Å². The largest absolute Gasteiger partial charge is 0.310 e. The summed E-state index contributed by atoms with van der Waals surface area (Å²) in [7, 11) is 0. The van der Waals surface area contributed by atoms with Gasteiger partial charge in [0.2, 0.25) is 0 Å². The first kappa shape index (κ1) is 28.2. The van der Waals surface area contributed by atoms with Crippen LogP contribution in [0.2, 0.25) is 0 Å². The molecule has 0 saturated carbocycles. The predicted molar refractivity (Wildman–Crippen MR) is 209 cm³/mol. The summed E-state index contributed by atoms with van der Waals surface area (Å²) in [6.45, 7) is 8.61. The molecule has 0 heterocycles. The van der Waals surface area contributed by atoms with Crippen molar-refractivity contribution in [2.75, 3.05) is 4.90 Å². The van der Waals surface area contributed by atoms with E-state index in [0.717, 1.165) is 22.6 Å². The van der Waals surface area contributed by atoms with Crippen LogP contribution in [0.5, 0.6) is 0 Å². The summed E-state index contributed by atoms with van der Waals surface area (Å²) >= 11 is 0. The molecule has 0 aromatic heterocycles. The lowest BCUT2D eigenvalue weighted by Gasteiger charge is -2.32. The second kappa shape index (κ2) is 10.4. The number of anilines is 3. The average Bonchev–Trinajstić information content (AvgIpc) is 3.70. The lowest BCUT2D eigenvalue weighted by molar-refractivity contribution is 0.660. The molecule has 1 heteroatoms. The lowest BCUT2D eigenvalue weighted by atomic mass is 9.70. The molecular formula is C49H39N. The van der Waals surface area contributed by atoms with E-state index >= 15 is 0 Å². The van der Waals surface area contributed by atoms with Crippen molar-refractivity contribution in [3.8, 4) is 33.4 Å². The fourth-order valence-electron chi connectivity index (χ4n) is 9.44. The normalized spacial score (nSPS) is 15.4. The number of hydrogen-bond acceptors (Lipinski definition) is 1. The highest BCUT2D eigenvalue weighted by Crippen LogP contribution is 2.63. The fraction of sp³-hybridized carbons (Fsp3) is 0.143. The molecule has 1 nitrogen and oxygen atoms in total. The Balaban J connectivity index is 1.23. The van der Waals surface area contributed by atoms with Gasteiger partial charge in [-0.1, -0.05) is 149 Å². The van der Waals surface area contributed by atoms with E-state index in [1.807, 2.05) is 13.8 Å². The van der Waals surface area contributed by atoms with Crippen LogP contribution in [0.1, 0.15) is 73.9 Å². The number of nitrogens with zero attached hydrogens (tertiary/aromatic N) is 1. The number of hydrogen-bond donors (Lipinski definition) is 0. The summed E-state index contributed by atoms with van der Waals surface area (Å²) in [5.41, 5.74) is 19.7. The van der Waals surface area contributed by atoms with Crippen LogP contribution in [-0.2, 0) is 10.8 Å². The number of rotatable bonds is 4. The van der Waals surface area contributed by atoms with Crippen LogP contribution in [-0.4, -0.2) is 0 Å². The maximum atomic E-state index is 8.72. The fourth-order valence-corrected chi connectivity index (χ4v) is 9.44. The molecule has 0 bridgehead atoms. The smallest absolute Gasteiger partial charge is 0.0726 e.